The van der Waals surface area contributed by atoms with Gasteiger partial charge in [0, 0.05) is 29.1 Å². The molecule has 0 aliphatic heterocycles. The van der Waals surface area contributed by atoms with E-state index < -0.39 is 14.8 Å². The van der Waals surface area contributed by atoms with Crippen LogP contribution in [-0.2, 0) is 15.6 Å². The van der Waals surface area contributed by atoms with Crippen LogP contribution in [0.25, 0.3) is 11.3 Å². The summed E-state index contributed by atoms with van der Waals surface area (Å²) in [5.74, 6) is 0.464. The number of hydrogen-bond acceptors (Lipinski definition) is 8. The van der Waals surface area contributed by atoms with Gasteiger partial charge in [-0.1, -0.05) is 12.1 Å². The van der Waals surface area contributed by atoms with E-state index in [1.54, 1.807) is 17.5 Å². The first-order valence-corrected chi connectivity index (χ1v) is 10.5. The van der Waals surface area contributed by atoms with Crippen LogP contribution in [0.2, 0.25) is 0 Å². The Morgan fingerprint density at radius 3 is 2.54 bits per heavy atom. The quantitative estimate of drug-likeness (QED) is 0.423. The van der Waals surface area contributed by atoms with Crippen molar-refractivity contribution in [3.8, 4) is 22.8 Å². The molecule has 3 aromatic rings. The molecule has 0 fully saturated rings. The van der Waals surface area contributed by atoms with Crippen LogP contribution in [0, 0.1) is 10.1 Å². The third-order valence-corrected chi connectivity index (χ3v) is 6.59. The maximum Gasteiger partial charge on any atom is 0.270 e. The molecule has 0 aliphatic rings. The lowest BCUT2D eigenvalue weighted by Crippen LogP contribution is -2.05. The van der Waals surface area contributed by atoms with Crippen LogP contribution < -0.4 is 9.47 Å². The molecule has 0 bridgehead atoms. The van der Waals surface area contributed by atoms with Gasteiger partial charge in [0.15, 0.2) is 21.3 Å². The monoisotopic (exact) mass is 420 g/mol. The smallest absolute Gasteiger partial charge is 0.270 e. The van der Waals surface area contributed by atoms with Gasteiger partial charge in [0.1, 0.15) is 10.8 Å². The molecule has 0 saturated carbocycles. The van der Waals surface area contributed by atoms with Crippen molar-refractivity contribution in [2.75, 3.05) is 14.2 Å². The molecule has 1 heterocycles. The second kappa shape index (κ2) is 7.95. The van der Waals surface area contributed by atoms with Crippen LogP contribution >= 0.6 is 11.3 Å². The molecule has 3 rings (SSSR count). The van der Waals surface area contributed by atoms with Gasteiger partial charge in [-0.2, -0.15) is 0 Å². The van der Waals surface area contributed by atoms with Gasteiger partial charge < -0.3 is 9.47 Å². The minimum Gasteiger partial charge on any atom is -0.493 e. The van der Waals surface area contributed by atoms with Crippen molar-refractivity contribution in [1.82, 2.24) is 4.98 Å². The van der Waals surface area contributed by atoms with Gasteiger partial charge in [0.05, 0.1) is 29.7 Å². The summed E-state index contributed by atoms with van der Waals surface area (Å²) in [6.07, 6.45) is 0. The number of aromatic nitrogens is 1. The van der Waals surface area contributed by atoms with Gasteiger partial charge in [-0.15, -0.1) is 11.3 Å². The number of sulfone groups is 1. The Kier molecular flexibility index (Phi) is 5.61. The Morgan fingerprint density at radius 2 is 1.86 bits per heavy atom. The van der Waals surface area contributed by atoms with E-state index in [1.807, 2.05) is 0 Å². The number of ether oxygens (including phenoxy) is 2. The molecular weight excluding hydrogens is 404 g/mol. The number of rotatable bonds is 7. The molecule has 0 aliphatic carbocycles. The number of nitro benzene ring substituents is 1. The van der Waals surface area contributed by atoms with Gasteiger partial charge in [-0.3, -0.25) is 10.1 Å². The topological polar surface area (TPSA) is 109 Å². The van der Waals surface area contributed by atoms with Crippen LogP contribution in [0.4, 0.5) is 5.69 Å². The Labute approximate surface area is 165 Å². The van der Waals surface area contributed by atoms with E-state index in [2.05, 4.69) is 4.98 Å². The number of nitro groups is 1. The molecule has 0 unspecified atom stereocenters. The first-order chi connectivity index (χ1) is 13.3. The van der Waals surface area contributed by atoms with Crippen LogP contribution in [0.15, 0.2) is 52.7 Å². The number of methoxy groups -OCH3 is 2. The lowest BCUT2D eigenvalue weighted by atomic mass is 10.1. The Balaban J connectivity index is 1.86. The maximum atomic E-state index is 12.7. The number of thiazole rings is 1. The second-order valence-electron chi connectivity index (χ2n) is 5.71. The lowest BCUT2D eigenvalue weighted by molar-refractivity contribution is -0.384. The standard InChI is InChI=1S/C18H16N2O6S2/c1-25-16-7-6-14(9-17(16)26-2)28(23,24)11-18-19-15(10-27-18)12-4-3-5-13(8-12)20(21)22/h3-10H,11H2,1-2H3. The van der Waals surface area contributed by atoms with E-state index in [0.717, 1.165) is 0 Å². The van der Waals surface area contributed by atoms with E-state index in [1.165, 1.54) is 55.9 Å². The van der Waals surface area contributed by atoms with Crippen molar-refractivity contribution in [3.05, 3.63) is 63.0 Å². The van der Waals surface area contributed by atoms with E-state index >= 15 is 0 Å². The molecule has 0 atom stereocenters. The third-order valence-electron chi connectivity index (χ3n) is 3.93. The fourth-order valence-electron chi connectivity index (χ4n) is 2.54. The summed E-state index contributed by atoms with van der Waals surface area (Å²) in [5, 5.41) is 13.0. The van der Waals surface area contributed by atoms with Crippen molar-refractivity contribution in [3.63, 3.8) is 0 Å². The molecule has 2 aromatic carbocycles. The first kappa shape index (κ1) is 19.8. The second-order valence-corrected chi connectivity index (χ2v) is 8.64. The zero-order valence-corrected chi connectivity index (χ0v) is 16.6. The van der Waals surface area contributed by atoms with Crippen LogP contribution in [0.3, 0.4) is 0 Å². The van der Waals surface area contributed by atoms with E-state index in [9.17, 15) is 18.5 Å². The molecule has 0 amide bonds. The van der Waals surface area contributed by atoms with E-state index in [0.29, 0.717) is 27.8 Å². The van der Waals surface area contributed by atoms with Gasteiger partial charge in [0.25, 0.3) is 5.69 Å². The third kappa shape index (κ3) is 4.12. The van der Waals surface area contributed by atoms with Crippen LogP contribution in [-0.4, -0.2) is 32.5 Å². The average Bonchev–Trinajstić information content (AvgIpc) is 3.15. The molecular formula is C18H16N2O6S2. The largest absolute Gasteiger partial charge is 0.493 e. The molecule has 0 radical (unpaired) electrons. The fourth-order valence-corrected chi connectivity index (χ4v) is 4.99. The fraction of sp³-hybridized carbons (Fsp3) is 0.167. The van der Waals surface area contributed by atoms with Crippen LogP contribution in [0.5, 0.6) is 11.5 Å². The SMILES string of the molecule is COc1ccc(S(=O)(=O)Cc2nc(-c3cccc([N+](=O)[O-])c3)cs2)cc1OC. The molecule has 0 saturated heterocycles. The molecule has 0 N–H and O–H groups in total. The highest BCUT2D eigenvalue weighted by molar-refractivity contribution is 7.90. The summed E-state index contributed by atoms with van der Waals surface area (Å²) in [6.45, 7) is 0. The highest BCUT2D eigenvalue weighted by Gasteiger charge is 2.20. The summed E-state index contributed by atoms with van der Waals surface area (Å²) >= 11 is 1.18. The average molecular weight is 420 g/mol. The lowest BCUT2D eigenvalue weighted by Gasteiger charge is -2.09. The summed E-state index contributed by atoms with van der Waals surface area (Å²) in [4.78, 5) is 14.9. The normalized spacial score (nSPS) is 11.2. The maximum absolute atomic E-state index is 12.7. The Morgan fingerprint density at radius 1 is 1.11 bits per heavy atom. The number of benzene rings is 2. The van der Waals surface area contributed by atoms with E-state index in [4.69, 9.17) is 9.47 Å². The van der Waals surface area contributed by atoms with Crippen molar-refractivity contribution in [1.29, 1.82) is 0 Å². The molecule has 10 heteroatoms. The summed E-state index contributed by atoms with van der Waals surface area (Å²) in [7, 11) is -0.757. The molecule has 146 valence electrons. The summed E-state index contributed by atoms with van der Waals surface area (Å²) in [6, 6.07) is 10.4. The van der Waals surface area contributed by atoms with Gasteiger partial charge in [-0.05, 0) is 12.1 Å². The summed E-state index contributed by atoms with van der Waals surface area (Å²) in [5.41, 5.74) is 0.997. The van der Waals surface area contributed by atoms with Crippen molar-refractivity contribution < 1.29 is 22.8 Å². The van der Waals surface area contributed by atoms with E-state index in [-0.39, 0.29) is 16.3 Å². The number of non-ortho nitro benzene ring substituents is 1. The van der Waals surface area contributed by atoms with Crippen molar-refractivity contribution in [2.24, 2.45) is 0 Å². The first-order valence-electron chi connectivity index (χ1n) is 7.98. The Hall–Kier alpha value is -2.98. The summed E-state index contributed by atoms with van der Waals surface area (Å²) < 4.78 is 35.8. The zero-order chi connectivity index (χ0) is 20.3. The van der Waals surface area contributed by atoms with Gasteiger partial charge in [0.2, 0.25) is 0 Å². The predicted molar refractivity (Wildman–Crippen MR) is 105 cm³/mol. The van der Waals surface area contributed by atoms with Crippen molar-refractivity contribution >= 4 is 26.9 Å². The molecule has 28 heavy (non-hydrogen) atoms. The predicted octanol–water partition coefficient (Wildman–Crippen LogP) is 3.71. The van der Waals surface area contributed by atoms with Gasteiger partial charge in [-0.25, -0.2) is 13.4 Å². The zero-order valence-electron chi connectivity index (χ0n) is 15.0. The minimum atomic E-state index is -3.66. The Bertz CT molecular complexity index is 1120. The highest BCUT2D eigenvalue weighted by Crippen LogP contribution is 2.32. The molecule has 1 aromatic heterocycles. The number of hydrogen-bond donors (Lipinski definition) is 0. The van der Waals surface area contributed by atoms with Crippen LogP contribution in [0.1, 0.15) is 5.01 Å². The highest BCUT2D eigenvalue weighted by atomic mass is 32.2. The molecule has 0 spiro atoms. The minimum absolute atomic E-state index is 0.0509. The van der Waals surface area contributed by atoms with Gasteiger partial charge >= 0.3 is 0 Å². The number of nitrogens with zero attached hydrogens (tertiary/aromatic N) is 2. The van der Waals surface area contributed by atoms with Crippen molar-refractivity contribution in [2.45, 2.75) is 10.6 Å². The molecule has 8 nitrogen and oxygen atoms in total.